The van der Waals surface area contributed by atoms with Gasteiger partial charge in [0.05, 0.1) is 0 Å². The molecule has 0 saturated heterocycles. The topological polar surface area (TPSA) is 0 Å². The summed E-state index contributed by atoms with van der Waals surface area (Å²) in [6.45, 7) is 17.0. The van der Waals surface area contributed by atoms with E-state index in [1.807, 2.05) is 6.92 Å². The maximum Gasteiger partial charge on any atom is -0.0256 e. The van der Waals surface area contributed by atoms with E-state index in [0.717, 1.165) is 17.1 Å². The fourth-order valence-corrected chi connectivity index (χ4v) is 2.48. The second-order valence-electron chi connectivity index (χ2n) is 6.50. The molecule has 1 aliphatic rings. The Labute approximate surface area is 108 Å². The zero-order valence-corrected chi connectivity index (χ0v) is 12.1. The average molecular weight is 232 g/mol. The van der Waals surface area contributed by atoms with E-state index in [1.165, 1.54) is 25.7 Å². The minimum atomic E-state index is 0.642. The lowest BCUT2D eigenvalue weighted by atomic mass is 9.87. The van der Waals surface area contributed by atoms with Crippen molar-refractivity contribution in [2.75, 3.05) is 0 Å². The molecule has 0 nitrogen and oxygen atoms in total. The summed E-state index contributed by atoms with van der Waals surface area (Å²) in [5, 5.41) is 0. The van der Waals surface area contributed by atoms with Gasteiger partial charge in [-0.3, -0.25) is 0 Å². The summed E-state index contributed by atoms with van der Waals surface area (Å²) in [6, 6.07) is 0. The highest BCUT2D eigenvalue weighted by Crippen LogP contribution is 2.50. The number of allylic oxidation sites excluding steroid dienone is 4. The zero-order chi connectivity index (χ0) is 13.1. The molecule has 0 heterocycles. The maximum absolute atomic E-state index is 3.99. The first-order valence-corrected chi connectivity index (χ1v) is 6.85. The molecule has 0 aromatic rings. The van der Waals surface area contributed by atoms with Crippen molar-refractivity contribution in [2.45, 2.75) is 53.4 Å². The lowest BCUT2D eigenvalue weighted by Gasteiger charge is -2.18. The number of hydrogen-bond acceptors (Lipinski definition) is 0. The van der Waals surface area contributed by atoms with Gasteiger partial charge in [-0.1, -0.05) is 51.7 Å². The molecule has 17 heavy (non-hydrogen) atoms. The molecule has 0 aliphatic heterocycles. The van der Waals surface area contributed by atoms with Crippen molar-refractivity contribution in [2.24, 2.45) is 17.3 Å². The van der Waals surface area contributed by atoms with Crippen LogP contribution in [0.1, 0.15) is 53.4 Å². The Hall–Kier alpha value is -0.780. The van der Waals surface area contributed by atoms with Gasteiger partial charge >= 0.3 is 0 Å². The fourth-order valence-electron chi connectivity index (χ4n) is 2.48. The van der Waals surface area contributed by atoms with Gasteiger partial charge in [-0.15, -0.1) is 0 Å². The minimum absolute atomic E-state index is 0.642. The molecule has 0 heteroatoms. The Morgan fingerprint density at radius 1 is 1.29 bits per heavy atom. The first kappa shape index (κ1) is 14.3. The number of hydrogen-bond donors (Lipinski definition) is 0. The Balaban J connectivity index is 2.30. The second-order valence-corrected chi connectivity index (χ2v) is 6.50. The normalized spacial score (nSPS) is 21.2. The molecule has 0 aromatic heterocycles. The Bertz CT molecular complexity index is 315. The lowest BCUT2D eigenvalue weighted by molar-refractivity contribution is 0.354. The SMILES string of the molecule is C=C(C)C(=C)/C=C\C(C)CC(C)CC1(C)CC1. The highest BCUT2D eigenvalue weighted by molar-refractivity contribution is 5.33. The minimum Gasteiger partial charge on any atom is -0.0955 e. The third-order valence-electron chi connectivity index (χ3n) is 3.89. The van der Waals surface area contributed by atoms with Crippen LogP contribution in [-0.2, 0) is 0 Å². The molecule has 2 atom stereocenters. The van der Waals surface area contributed by atoms with E-state index in [-0.39, 0.29) is 0 Å². The van der Waals surface area contributed by atoms with Crippen LogP contribution in [0.5, 0.6) is 0 Å². The summed E-state index contributed by atoms with van der Waals surface area (Å²) in [7, 11) is 0. The Kier molecular flexibility index (Phi) is 4.80. The van der Waals surface area contributed by atoms with Crippen LogP contribution in [0.25, 0.3) is 0 Å². The summed E-state index contributed by atoms with van der Waals surface area (Å²) >= 11 is 0. The van der Waals surface area contributed by atoms with E-state index < -0.39 is 0 Å². The standard InChI is InChI=1S/C17H28/c1-13(2)16(5)8-7-14(3)11-15(4)12-17(6)9-10-17/h7-8,14-15H,1,5,9-12H2,2-4,6H3/b8-7-. The van der Waals surface area contributed by atoms with Gasteiger partial charge in [0.25, 0.3) is 0 Å². The molecule has 1 aliphatic carbocycles. The van der Waals surface area contributed by atoms with E-state index in [2.05, 4.69) is 46.1 Å². The van der Waals surface area contributed by atoms with E-state index in [4.69, 9.17) is 0 Å². The van der Waals surface area contributed by atoms with Gasteiger partial charge in [-0.25, -0.2) is 0 Å². The van der Waals surface area contributed by atoms with Crippen LogP contribution in [0.3, 0.4) is 0 Å². The second kappa shape index (κ2) is 5.71. The lowest BCUT2D eigenvalue weighted by Crippen LogP contribution is -2.06. The van der Waals surface area contributed by atoms with E-state index in [9.17, 15) is 0 Å². The molecule has 0 aromatic carbocycles. The Morgan fingerprint density at radius 2 is 1.88 bits per heavy atom. The quantitative estimate of drug-likeness (QED) is 0.506. The van der Waals surface area contributed by atoms with Crippen LogP contribution in [0, 0.1) is 17.3 Å². The van der Waals surface area contributed by atoms with Crippen molar-refractivity contribution in [3.05, 3.63) is 36.5 Å². The van der Waals surface area contributed by atoms with Crippen molar-refractivity contribution < 1.29 is 0 Å². The largest absolute Gasteiger partial charge is 0.0955 e. The van der Waals surface area contributed by atoms with Crippen LogP contribution in [-0.4, -0.2) is 0 Å². The fraction of sp³-hybridized carbons (Fsp3) is 0.647. The molecule has 0 spiro atoms. The van der Waals surface area contributed by atoms with E-state index >= 15 is 0 Å². The first-order chi connectivity index (χ1) is 7.82. The van der Waals surface area contributed by atoms with Crippen LogP contribution in [0.4, 0.5) is 0 Å². The summed E-state index contributed by atoms with van der Waals surface area (Å²) in [6.07, 6.45) is 9.96. The van der Waals surface area contributed by atoms with Crippen molar-refractivity contribution in [3.63, 3.8) is 0 Å². The van der Waals surface area contributed by atoms with Crippen molar-refractivity contribution in [3.8, 4) is 0 Å². The average Bonchev–Trinajstić information content (AvgIpc) is 2.91. The van der Waals surface area contributed by atoms with Gasteiger partial charge < -0.3 is 0 Å². The molecule has 0 amide bonds. The summed E-state index contributed by atoms with van der Waals surface area (Å²) in [5.74, 6) is 1.48. The third kappa shape index (κ3) is 5.39. The molecule has 2 unspecified atom stereocenters. The number of rotatable bonds is 7. The van der Waals surface area contributed by atoms with Crippen molar-refractivity contribution in [1.29, 1.82) is 0 Å². The van der Waals surface area contributed by atoms with E-state index in [0.29, 0.717) is 11.3 Å². The van der Waals surface area contributed by atoms with Gasteiger partial charge in [0, 0.05) is 0 Å². The van der Waals surface area contributed by atoms with Crippen LogP contribution >= 0.6 is 0 Å². The van der Waals surface area contributed by atoms with E-state index in [1.54, 1.807) is 0 Å². The molecule has 1 rings (SSSR count). The monoisotopic (exact) mass is 232 g/mol. The van der Waals surface area contributed by atoms with Gasteiger partial charge in [0.2, 0.25) is 0 Å². The van der Waals surface area contributed by atoms with Gasteiger partial charge in [-0.2, -0.15) is 0 Å². The highest BCUT2D eigenvalue weighted by atomic mass is 14.4. The maximum atomic E-state index is 3.99. The molecule has 96 valence electrons. The molecular weight excluding hydrogens is 204 g/mol. The highest BCUT2D eigenvalue weighted by Gasteiger charge is 2.38. The van der Waals surface area contributed by atoms with Gasteiger partial charge in [0.15, 0.2) is 0 Å². The molecule has 0 N–H and O–H groups in total. The van der Waals surface area contributed by atoms with Crippen LogP contribution in [0.2, 0.25) is 0 Å². The smallest absolute Gasteiger partial charge is 0.0256 e. The molecule has 0 radical (unpaired) electrons. The predicted molar refractivity (Wildman–Crippen MR) is 78.0 cm³/mol. The third-order valence-corrected chi connectivity index (χ3v) is 3.89. The summed E-state index contributed by atoms with van der Waals surface area (Å²) in [4.78, 5) is 0. The molecule has 1 saturated carbocycles. The van der Waals surface area contributed by atoms with Crippen molar-refractivity contribution in [1.82, 2.24) is 0 Å². The summed E-state index contributed by atoms with van der Waals surface area (Å²) < 4.78 is 0. The molecule has 0 bridgehead atoms. The Morgan fingerprint density at radius 3 is 2.35 bits per heavy atom. The molecular formula is C17H28. The van der Waals surface area contributed by atoms with Gasteiger partial charge in [0.1, 0.15) is 0 Å². The zero-order valence-electron chi connectivity index (χ0n) is 12.1. The van der Waals surface area contributed by atoms with Crippen molar-refractivity contribution >= 4 is 0 Å². The predicted octanol–water partition coefficient (Wildman–Crippen LogP) is 5.53. The van der Waals surface area contributed by atoms with Crippen LogP contribution < -0.4 is 0 Å². The van der Waals surface area contributed by atoms with Crippen LogP contribution in [0.15, 0.2) is 36.5 Å². The molecule has 1 fully saturated rings. The first-order valence-electron chi connectivity index (χ1n) is 6.85. The van der Waals surface area contributed by atoms with Gasteiger partial charge in [-0.05, 0) is 55.4 Å². The summed E-state index contributed by atoms with van der Waals surface area (Å²) in [5.41, 5.74) is 2.80.